The zero-order valence-electron chi connectivity index (χ0n) is 9.44. The van der Waals surface area contributed by atoms with Gasteiger partial charge in [0, 0.05) is 11.1 Å². The Morgan fingerprint density at radius 2 is 2.27 bits per heavy atom. The summed E-state index contributed by atoms with van der Waals surface area (Å²) in [4.78, 5) is 0. The van der Waals surface area contributed by atoms with Crippen LogP contribution in [-0.2, 0) is 6.42 Å². The maximum atomic E-state index is 6.12. The highest BCUT2D eigenvalue weighted by Gasteiger charge is 2.20. The van der Waals surface area contributed by atoms with E-state index in [0.29, 0.717) is 6.04 Å². The fraction of sp³-hybridized carbons (Fsp3) is 0.538. The maximum Gasteiger partial charge on any atom is 0.0412 e. The van der Waals surface area contributed by atoms with Gasteiger partial charge in [-0.1, -0.05) is 24.9 Å². The summed E-state index contributed by atoms with van der Waals surface area (Å²) < 4.78 is 0. The summed E-state index contributed by atoms with van der Waals surface area (Å²) in [6, 6.07) is 4.72. The van der Waals surface area contributed by atoms with Crippen LogP contribution in [0, 0.1) is 6.92 Å². The molecule has 1 aromatic carbocycles. The fourth-order valence-electron chi connectivity index (χ4n) is 2.48. The third kappa shape index (κ3) is 2.19. The van der Waals surface area contributed by atoms with Gasteiger partial charge in [-0.2, -0.15) is 0 Å². The molecule has 1 aliphatic rings. The van der Waals surface area contributed by atoms with Crippen LogP contribution in [0.4, 0.5) is 0 Å². The van der Waals surface area contributed by atoms with Gasteiger partial charge in [0.1, 0.15) is 0 Å². The Morgan fingerprint density at radius 3 is 3.00 bits per heavy atom. The van der Waals surface area contributed by atoms with Crippen LogP contribution in [0.3, 0.4) is 0 Å². The van der Waals surface area contributed by atoms with Crippen molar-refractivity contribution < 1.29 is 0 Å². The van der Waals surface area contributed by atoms with Crippen molar-refractivity contribution in [2.75, 3.05) is 6.54 Å². The van der Waals surface area contributed by atoms with Crippen molar-refractivity contribution in [2.45, 2.75) is 39.2 Å². The van der Waals surface area contributed by atoms with E-state index in [4.69, 9.17) is 11.6 Å². The predicted molar refractivity (Wildman–Crippen MR) is 65.5 cm³/mol. The molecule has 2 heteroatoms. The molecule has 0 spiro atoms. The number of benzene rings is 1. The van der Waals surface area contributed by atoms with Crippen molar-refractivity contribution in [1.82, 2.24) is 5.32 Å². The Kier molecular flexibility index (Phi) is 3.32. The number of rotatable bonds is 2. The van der Waals surface area contributed by atoms with E-state index >= 15 is 0 Å². The van der Waals surface area contributed by atoms with Gasteiger partial charge in [-0.3, -0.25) is 0 Å². The zero-order valence-corrected chi connectivity index (χ0v) is 10.2. The number of hydrogen-bond acceptors (Lipinski definition) is 1. The Hall–Kier alpha value is -0.530. The number of halogens is 1. The Bertz CT molecular complexity index is 360. The third-order valence-corrected chi connectivity index (χ3v) is 3.41. The number of hydrogen-bond donors (Lipinski definition) is 1. The highest BCUT2D eigenvalue weighted by molar-refractivity contribution is 6.30. The molecule has 82 valence electrons. The summed E-state index contributed by atoms with van der Waals surface area (Å²) in [7, 11) is 0. The molecule has 1 N–H and O–H groups in total. The van der Waals surface area contributed by atoms with Gasteiger partial charge in [0.15, 0.2) is 0 Å². The lowest BCUT2D eigenvalue weighted by Crippen LogP contribution is -2.30. The van der Waals surface area contributed by atoms with Crippen LogP contribution in [0.25, 0.3) is 0 Å². The fourth-order valence-corrected chi connectivity index (χ4v) is 2.76. The molecule has 1 atom stereocenters. The average molecular weight is 224 g/mol. The topological polar surface area (TPSA) is 12.0 Å². The lowest BCUT2D eigenvalue weighted by Gasteiger charge is -2.28. The van der Waals surface area contributed by atoms with Gasteiger partial charge in [0.2, 0.25) is 0 Å². The lowest BCUT2D eigenvalue weighted by molar-refractivity contribution is 0.470. The molecule has 0 saturated heterocycles. The monoisotopic (exact) mass is 223 g/mol. The molecule has 0 aliphatic carbocycles. The summed E-state index contributed by atoms with van der Waals surface area (Å²) in [5.74, 6) is 0. The molecule has 1 heterocycles. The standard InChI is InChI=1S/C13H18ClN/c1-3-4-13-12-8-10(14)7-9(2)11(12)5-6-15-13/h7-8,13,15H,3-6H2,1-2H3. The lowest BCUT2D eigenvalue weighted by atomic mass is 9.89. The molecule has 15 heavy (non-hydrogen) atoms. The van der Waals surface area contributed by atoms with Crippen LogP contribution >= 0.6 is 11.6 Å². The molecular weight excluding hydrogens is 206 g/mol. The quantitative estimate of drug-likeness (QED) is 0.808. The molecule has 1 nitrogen and oxygen atoms in total. The summed E-state index contributed by atoms with van der Waals surface area (Å²) >= 11 is 6.12. The van der Waals surface area contributed by atoms with E-state index in [-0.39, 0.29) is 0 Å². The van der Waals surface area contributed by atoms with E-state index < -0.39 is 0 Å². The second-order valence-corrected chi connectivity index (χ2v) is 4.77. The summed E-state index contributed by atoms with van der Waals surface area (Å²) in [5.41, 5.74) is 4.28. The second-order valence-electron chi connectivity index (χ2n) is 4.34. The molecule has 1 aliphatic heterocycles. The minimum absolute atomic E-state index is 0.510. The van der Waals surface area contributed by atoms with Gasteiger partial charge in [-0.25, -0.2) is 0 Å². The molecule has 1 unspecified atom stereocenters. The van der Waals surface area contributed by atoms with Gasteiger partial charge in [-0.15, -0.1) is 0 Å². The third-order valence-electron chi connectivity index (χ3n) is 3.19. The first-order valence-corrected chi connectivity index (χ1v) is 6.12. The summed E-state index contributed by atoms with van der Waals surface area (Å²) in [6.07, 6.45) is 3.55. The van der Waals surface area contributed by atoms with Crippen LogP contribution in [0.1, 0.15) is 42.5 Å². The van der Waals surface area contributed by atoms with Crippen LogP contribution in [0.5, 0.6) is 0 Å². The van der Waals surface area contributed by atoms with E-state index in [2.05, 4.69) is 31.3 Å². The molecule has 0 amide bonds. The molecule has 2 rings (SSSR count). The summed E-state index contributed by atoms with van der Waals surface area (Å²) in [5, 5.41) is 4.44. The first kappa shape index (κ1) is 11.0. The van der Waals surface area contributed by atoms with Crippen molar-refractivity contribution >= 4 is 11.6 Å². The normalized spacial score (nSPS) is 20.1. The van der Waals surface area contributed by atoms with E-state index in [0.717, 1.165) is 18.0 Å². The number of aryl methyl sites for hydroxylation is 1. The minimum Gasteiger partial charge on any atom is -0.310 e. The molecule has 0 fully saturated rings. The molecule has 0 aromatic heterocycles. The minimum atomic E-state index is 0.510. The Morgan fingerprint density at radius 1 is 1.47 bits per heavy atom. The van der Waals surface area contributed by atoms with E-state index in [1.54, 1.807) is 0 Å². The van der Waals surface area contributed by atoms with Gasteiger partial charge in [-0.05, 0) is 55.1 Å². The van der Waals surface area contributed by atoms with Crippen LogP contribution < -0.4 is 5.32 Å². The van der Waals surface area contributed by atoms with Crippen molar-refractivity contribution in [2.24, 2.45) is 0 Å². The van der Waals surface area contributed by atoms with Crippen LogP contribution in [0.15, 0.2) is 12.1 Å². The van der Waals surface area contributed by atoms with Crippen molar-refractivity contribution in [3.63, 3.8) is 0 Å². The van der Waals surface area contributed by atoms with Crippen molar-refractivity contribution in [3.05, 3.63) is 33.8 Å². The van der Waals surface area contributed by atoms with Crippen molar-refractivity contribution in [3.8, 4) is 0 Å². The van der Waals surface area contributed by atoms with E-state index in [1.165, 1.54) is 29.5 Å². The zero-order chi connectivity index (χ0) is 10.8. The number of fused-ring (bicyclic) bond motifs is 1. The van der Waals surface area contributed by atoms with Gasteiger partial charge in [0.05, 0.1) is 0 Å². The second kappa shape index (κ2) is 4.54. The first-order chi connectivity index (χ1) is 7.22. The van der Waals surface area contributed by atoms with Crippen LogP contribution in [0.2, 0.25) is 5.02 Å². The SMILES string of the molecule is CCCC1NCCc2c(C)cc(Cl)cc21. The molecule has 0 saturated carbocycles. The number of nitrogens with one attached hydrogen (secondary N) is 1. The Balaban J connectivity index is 2.41. The maximum absolute atomic E-state index is 6.12. The van der Waals surface area contributed by atoms with Crippen LogP contribution in [-0.4, -0.2) is 6.54 Å². The van der Waals surface area contributed by atoms with Gasteiger partial charge >= 0.3 is 0 Å². The smallest absolute Gasteiger partial charge is 0.0412 e. The first-order valence-electron chi connectivity index (χ1n) is 5.74. The van der Waals surface area contributed by atoms with E-state index in [9.17, 15) is 0 Å². The van der Waals surface area contributed by atoms with Gasteiger partial charge in [0.25, 0.3) is 0 Å². The van der Waals surface area contributed by atoms with Gasteiger partial charge < -0.3 is 5.32 Å². The average Bonchev–Trinajstić information content (AvgIpc) is 2.19. The highest BCUT2D eigenvalue weighted by Crippen LogP contribution is 2.31. The molecular formula is C13H18ClN. The highest BCUT2D eigenvalue weighted by atomic mass is 35.5. The molecule has 1 aromatic rings. The largest absolute Gasteiger partial charge is 0.310 e. The summed E-state index contributed by atoms with van der Waals surface area (Å²) in [6.45, 7) is 5.49. The van der Waals surface area contributed by atoms with Crippen molar-refractivity contribution in [1.29, 1.82) is 0 Å². The predicted octanol–water partition coefficient (Wildman–Crippen LogP) is 3.64. The Labute approximate surface area is 96.8 Å². The van der Waals surface area contributed by atoms with E-state index in [1.807, 2.05) is 0 Å². The molecule has 0 radical (unpaired) electrons. The molecule has 0 bridgehead atoms.